The van der Waals surface area contributed by atoms with Crippen molar-refractivity contribution in [1.29, 1.82) is 0 Å². The molecule has 0 unspecified atom stereocenters. The fourth-order valence-electron chi connectivity index (χ4n) is 3.05. The van der Waals surface area contributed by atoms with Crippen LogP contribution in [0, 0.1) is 0 Å². The molecule has 1 saturated heterocycles. The van der Waals surface area contributed by atoms with Gasteiger partial charge in [-0.3, -0.25) is 4.79 Å². The summed E-state index contributed by atoms with van der Waals surface area (Å²) in [6, 6.07) is 13.2. The van der Waals surface area contributed by atoms with Crippen molar-refractivity contribution in [3.8, 4) is 0 Å². The third kappa shape index (κ3) is 4.03. The quantitative estimate of drug-likeness (QED) is 0.813. The lowest BCUT2D eigenvalue weighted by molar-refractivity contribution is -0.115. The van der Waals surface area contributed by atoms with Crippen molar-refractivity contribution in [2.24, 2.45) is 0 Å². The lowest BCUT2D eigenvalue weighted by atomic mass is 10.1. The van der Waals surface area contributed by atoms with Crippen LogP contribution in [0.15, 0.2) is 42.5 Å². The number of rotatable bonds is 4. The van der Waals surface area contributed by atoms with Crippen LogP contribution in [0.25, 0.3) is 0 Å². The van der Waals surface area contributed by atoms with Gasteiger partial charge in [-0.05, 0) is 49.1 Å². The molecule has 0 aromatic heterocycles. The molecule has 0 spiro atoms. The number of nitrogens with one attached hydrogen (secondary N) is 1. The van der Waals surface area contributed by atoms with Gasteiger partial charge in [0.25, 0.3) is 0 Å². The Morgan fingerprint density at radius 1 is 0.958 bits per heavy atom. The molecule has 0 bridgehead atoms. The predicted octanol–water partition coefficient (Wildman–Crippen LogP) is 5.16. The van der Waals surface area contributed by atoms with Crippen LogP contribution in [-0.4, -0.2) is 19.0 Å². The Balaban J connectivity index is 1.75. The van der Waals surface area contributed by atoms with E-state index in [4.69, 9.17) is 23.2 Å². The molecule has 1 heterocycles. The molecule has 1 amide bonds. The first-order chi connectivity index (χ1) is 11.6. The fraction of sp³-hybridized carbons (Fsp3) is 0.316. The fourth-order valence-corrected chi connectivity index (χ4v) is 3.58. The van der Waals surface area contributed by atoms with Gasteiger partial charge in [-0.25, -0.2) is 0 Å². The summed E-state index contributed by atoms with van der Waals surface area (Å²) in [5.74, 6) is -0.116. The van der Waals surface area contributed by atoms with Crippen molar-refractivity contribution < 1.29 is 4.79 Å². The second kappa shape index (κ2) is 7.91. The second-order valence-corrected chi connectivity index (χ2v) is 6.80. The Bertz CT molecular complexity index is 707. The lowest BCUT2D eigenvalue weighted by Gasteiger charge is -2.30. The number of benzene rings is 2. The first kappa shape index (κ1) is 17.1. The number of carbonyl (C=O) groups excluding carboxylic acids is 1. The standard InChI is InChI=1S/C19H20Cl2N2O/c20-15-7-6-8-16(21)14(15)13-19(24)22-17-9-2-3-10-18(17)23-11-4-1-5-12-23/h2-3,6-10H,1,4-5,11-13H2,(H,22,24). The molecule has 1 aliphatic rings. The smallest absolute Gasteiger partial charge is 0.228 e. The molecule has 0 saturated carbocycles. The number of hydrogen-bond acceptors (Lipinski definition) is 2. The van der Waals surface area contributed by atoms with Gasteiger partial charge in [0.05, 0.1) is 17.8 Å². The van der Waals surface area contributed by atoms with Crippen molar-refractivity contribution in [3.63, 3.8) is 0 Å². The van der Waals surface area contributed by atoms with E-state index in [1.54, 1.807) is 18.2 Å². The van der Waals surface area contributed by atoms with Gasteiger partial charge < -0.3 is 10.2 Å². The largest absolute Gasteiger partial charge is 0.370 e. The molecule has 126 valence electrons. The summed E-state index contributed by atoms with van der Waals surface area (Å²) in [4.78, 5) is 14.8. The zero-order valence-corrected chi connectivity index (χ0v) is 14.9. The van der Waals surface area contributed by atoms with Gasteiger partial charge in [0.2, 0.25) is 5.91 Å². The lowest BCUT2D eigenvalue weighted by Crippen LogP contribution is -2.30. The van der Waals surface area contributed by atoms with Gasteiger partial charge >= 0.3 is 0 Å². The summed E-state index contributed by atoms with van der Waals surface area (Å²) in [7, 11) is 0. The van der Waals surface area contributed by atoms with Crippen LogP contribution in [0.4, 0.5) is 11.4 Å². The summed E-state index contributed by atoms with van der Waals surface area (Å²) in [5, 5.41) is 4.04. The molecule has 24 heavy (non-hydrogen) atoms. The van der Waals surface area contributed by atoms with E-state index in [9.17, 15) is 4.79 Å². The number of carbonyl (C=O) groups is 1. The minimum Gasteiger partial charge on any atom is -0.370 e. The summed E-state index contributed by atoms with van der Waals surface area (Å²) in [6.07, 6.45) is 3.82. The van der Waals surface area contributed by atoms with Crippen LogP contribution in [0.5, 0.6) is 0 Å². The van der Waals surface area contributed by atoms with Crippen molar-refractivity contribution >= 4 is 40.5 Å². The Kier molecular flexibility index (Phi) is 5.64. The Morgan fingerprint density at radius 3 is 2.33 bits per heavy atom. The molecule has 3 nitrogen and oxygen atoms in total. The van der Waals surface area contributed by atoms with E-state index >= 15 is 0 Å². The highest BCUT2D eigenvalue weighted by Crippen LogP contribution is 2.29. The molecule has 1 aliphatic heterocycles. The highest BCUT2D eigenvalue weighted by atomic mass is 35.5. The van der Waals surface area contributed by atoms with E-state index in [2.05, 4.69) is 16.3 Å². The average molecular weight is 363 g/mol. The van der Waals surface area contributed by atoms with E-state index < -0.39 is 0 Å². The zero-order valence-electron chi connectivity index (χ0n) is 13.4. The minimum atomic E-state index is -0.116. The van der Waals surface area contributed by atoms with E-state index in [-0.39, 0.29) is 12.3 Å². The first-order valence-electron chi connectivity index (χ1n) is 8.22. The number of halogens is 2. The SMILES string of the molecule is O=C(Cc1c(Cl)cccc1Cl)Nc1ccccc1N1CCCCC1. The van der Waals surface area contributed by atoms with Gasteiger partial charge in [-0.15, -0.1) is 0 Å². The Labute approximate surface area is 152 Å². The van der Waals surface area contributed by atoms with E-state index in [1.807, 2.05) is 18.2 Å². The van der Waals surface area contributed by atoms with Crippen molar-refractivity contribution in [2.45, 2.75) is 25.7 Å². The predicted molar refractivity (Wildman–Crippen MR) is 101 cm³/mol. The van der Waals surface area contributed by atoms with Crippen LogP contribution < -0.4 is 10.2 Å². The number of piperidine rings is 1. The maximum absolute atomic E-state index is 12.5. The summed E-state index contributed by atoms with van der Waals surface area (Å²) < 4.78 is 0. The molecule has 5 heteroatoms. The van der Waals surface area contributed by atoms with Gasteiger partial charge in [0, 0.05) is 23.1 Å². The van der Waals surface area contributed by atoms with Gasteiger partial charge in [-0.2, -0.15) is 0 Å². The first-order valence-corrected chi connectivity index (χ1v) is 8.97. The minimum absolute atomic E-state index is 0.116. The summed E-state index contributed by atoms with van der Waals surface area (Å²) in [6.45, 7) is 2.06. The van der Waals surface area contributed by atoms with E-state index in [0.29, 0.717) is 15.6 Å². The molecule has 0 aliphatic carbocycles. The number of amides is 1. The topological polar surface area (TPSA) is 32.3 Å². The van der Waals surface area contributed by atoms with E-state index in [1.165, 1.54) is 19.3 Å². The molecule has 2 aromatic rings. The third-order valence-corrected chi connectivity index (χ3v) is 4.98. The molecule has 3 rings (SSSR count). The van der Waals surface area contributed by atoms with Gasteiger partial charge in [-0.1, -0.05) is 41.4 Å². The second-order valence-electron chi connectivity index (χ2n) is 5.99. The Morgan fingerprint density at radius 2 is 1.62 bits per heavy atom. The summed E-state index contributed by atoms with van der Waals surface area (Å²) >= 11 is 12.3. The Hall–Kier alpha value is -1.71. The van der Waals surface area contributed by atoms with E-state index in [0.717, 1.165) is 24.5 Å². The molecule has 1 N–H and O–H groups in total. The number of anilines is 2. The van der Waals surface area contributed by atoms with Crippen molar-refractivity contribution in [3.05, 3.63) is 58.1 Å². The molecule has 2 aromatic carbocycles. The van der Waals surface area contributed by atoms with Gasteiger partial charge in [0.15, 0.2) is 0 Å². The maximum atomic E-state index is 12.5. The zero-order chi connectivity index (χ0) is 16.9. The van der Waals surface area contributed by atoms with Crippen LogP contribution in [0.2, 0.25) is 10.0 Å². The van der Waals surface area contributed by atoms with Crippen molar-refractivity contribution in [2.75, 3.05) is 23.3 Å². The van der Waals surface area contributed by atoms with Crippen LogP contribution in [0.3, 0.4) is 0 Å². The maximum Gasteiger partial charge on any atom is 0.228 e. The van der Waals surface area contributed by atoms with Crippen molar-refractivity contribution in [1.82, 2.24) is 0 Å². The number of hydrogen-bond donors (Lipinski definition) is 1. The van der Waals surface area contributed by atoms with Crippen LogP contribution in [0.1, 0.15) is 24.8 Å². The number of nitrogens with zero attached hydrogens (tertiary/aromatic N) is 1. The van der Waals surface area contributed by atoms with Crippen LogP contribution >= 0.6 is 23.2 Å². The highest BCUT2D eigenvalue weighted by molar-refractivity contribution is 6.36. The molecular weight excluding hydrogens is 343 g/mol. The van der Waals surface area contributed by atoms with Gasteiger partial charge in [0.1, 0.15) is 0 Å². The number of para-hydroxylation sites is 2. The molecule has 0 atom stereocenters. The average Bonchev–Trinajstić information content (AvgIpc) is 2.60. The highest BCUT2D eigenvalue weighted by Gasteiger charge is 2.16. The molecule has 1 fully saturated rings. The molecule has 0 radical (unpaired) electrons. The van der Waals surface area contributed by atoms with Crippen LogP contribution in [-0.2, 0) is 11.2 Å². The normalized spacial score (nSPS) is 14.5. The molecular formula is C19H20Cl2N2O. The summed E-state index contributed by atoms with van der Waals surface area (Å²) in [5.41, 5.74) is 2.58. The third-order valence-electron chi connectivity index (χ3n) is 4.27. The monoisotopic (exact) mass is 362 g/mol.